The Labute approximate surface area is 172 Å². The topological polar surface area (TPSA) is 66.3 Å². The van der Waals surface area contributed by atoms with Gasteiger partial charge in [0.2, 0.25) is 0 Å². The molecule has 1 saturated carbocycles. The lowest BCUT2D eigenvalue weighted by Crippen LogP contribution is -2.45. The van der Waals surface area contributed by atoms with Gasteiger partial charge in [-0.05, 0) is 51.6 Å². The zero-order valence-electron chi connectivity index (χ0n) is 17.1. The van der Waals surface area contributed by atoms with Gasteiger partial charge in [0.1, 0.15) is 0 Å². The fraction of sp³-hybridized carbons (Fsp3) is 0.850. The van der Waals surface area contributed by atoms with E-state index in [2.05, 4.69) is 25.0 Å². The van der Waals surface area contributed by atoms with E-state index in [1.54, 1.807) is 11.8 Å². The number of hydrogen-bond donors (Lipinski definition) is 1. The minimum atomic E-state index is 0.0500. The van der Waals surface area contributed by atoms with E-state index in [0.717, 1.165) is 55.5 Å². The standard InChI is InChI=1S/C20H34N6OS/c1-24-18(22-23-20(24)28-15-14-25-11-5-6-12-25)17-10-7-13-26(17)19(27)21-16-8-3-2-4-9-16/h16-17H,2-15H2,1H3,(H,21,27). The maximum atomic E-state index is 12.9. The molecule has 1 atom stereocenters. The molecule has 1 aliphatic carbocycles. The quantitative estimate of drug-likeness (QED) is 0.735. The first-order chi connectivity index (χ1) is 13.7. The van der Waals surface area contributed by atoms with Crippen LogP contribution in [0.1, 0.15) is 69.7 Å². The smallest absolute Gasteiger partial charge is 0.318 e. The zero-order chi connectivity index (χ0) is 19.3. The predicted octanol–water partition coefficient (Wildman–Crippen LogP) is 3.18. The van der Waals surface area contributed by atoms with Gasteiger partial charge in [0.05, 0.1) is 6.04 Å². The average Bonchev–Trinajstić information content (AvgIpc) is 3.45. The third kappa shape index (κ3) is 4.64. The monoisotopic (exact) mass is 406 g/mol. The summed E-state index contributed by atoms with van der Waals surface area (Å²) < 4.78 is 2.10. The van der Waals surface area contributed by atoms with Crippen LogP contribution in [-0.2, 0) is 7.05 Å². The Morgan fingerprint density at radius 3 is 2.61 bits per heavy atom. The maximum absolute atomic E-state index is 12.9. The first-order valence-electron chi connectivity index (χ1n) is 11.0. The summed E-state index contributed by atoms with van der Waals surface area (Å²) in [4.78, 5) is 17.4. The molecule has 0 aromatic carbocycles. The summed E-state index contributed by atoms with van der Waals surface area (Å²) in [6.45, 7) is 4.40. The molecule has 3 aliphatic rings. The van der Waals surface area contributed by atoms with Crippen molar-refractivity contribution in [1.82, 2.24) is 29.9 Å². The van der Waals surface area contributed by atoms with Gasteiger partial charge in [0, 0.05) is 31.9 Å². The highest BCUT2D eigenvalue weighted by Crippen LogP contribution is 2.32. The van der Waals surface area contributed by atoms with Crippen LogP contribution in [0.15, 0.2) is 5.16 Å². The van der Waals surface area contributed by atoms with Crippen molar-refractivity contribution in [3.63, 3.8) is 0 Å². The number of thioether (sulfide) groups is 1. The van der Waals surface area contributed by atoms with Crippen LogP contribution in [0.5, 0.6) is 0 Å². The molecule has 1 aromatic heterocycles. The van der Waals surface area contributed by atoms with Gasteiger partial charge in [-0.3, -0.25) is 0 Å². The van der Waals surface area contributed by atoms with Crippen molar-refractivity contribution in [2.75, 3.05) is 31.9 Å². The van der Waals surface area contributed by atoms with Gasteiger partial charge < -0.3 is 19.7 Å². The molecular formula is C20H34N6OS. The van der Waals surface area contributed by atoms with Crippen LogP contribution in [0.2, 0.25) is 0 Å². The maximum Gasteiger partial charge on any atom is 0.318 e. The summed E-state index contributed by atoms with van der Waals surface area (Å²) in [5, 5.41) is 13.2. The molecule has 3 heterocycles. The molecule has 2 saturated heterocycles. The molecule has 0 bridgehead atoms. The second-order valence-electron chi connectivity index (χ2n) is 8.43. The van der Waals surface area contributed by atoms with E-state index < -0.39 is 0 Å². The zero-order valence-corrected chi connectivity index (χ0v) is 17.9. The molecule has 2 amide bonds. The molecule has 0 radical (unpaired) electrons. The number of rotatable bonds is 6. The molecule has 1 aromatic rings. The molecule has 156 valence electrons. The van der Waals surface area contributed by atoms with Crippen LogP contribution in [-0.4, -0.2) is 68.6 Å². The molecular weight excluding hydrogens is 372 g/mol. The average molecular weight is 407 g/mol. The van der Waals surface area contributed by atoms with E-state index in [9.17, 15) is 4.79 Å². The van der Waals surface area contributed by atoms with Crippen molar-refractivity contribution in [1.29, 1.82) is 0 Å². The molecule has 1 N–H and O–H groups in total. The lowest BCUT2D eigenvalue weighted by molar-refractivity contribution is 0.182. The Bertz CT molecular complexity index is 653. The van der Waals surface area contributed by atoms with Gasteiger partial charge in [0.25, 0.3) is 0 Å². The van der Waals surface area contributed by atoms with E-state index >= 15 is 0 Å². The molecule has 28 heavy (non-hydrogen) atoms. The van der Waals surface area contributed by atoms with Gasteiger partial charge in [-0.25, -0.2) is 4.79 Å². The Morgan fingerprint density at radius 2 is 1.82 bits per heavy atom. The van der Waals surface area contributed by atoms with E-state index in [-0.39, 0.29) is 12.1 Å². The molecule has 1 unspecified atom stereocenters. The molecule has 2 aliphatic heterocycles. The Balaban J connectivity index is 1.34. The van der Waals surface area contributed by atoms with Gasteiger partial charge in [-0.2, -0.15) is 0 Å². The number of amides is 2. The number of urea groups is 1. The fourth-order valence-electron chi connectivity index (χ4n) is 4.80. The lowest BCUT2D eigenvalue weighted by atomic mass is 9.96. The summed E-state index contributed by atoms with van der Waals surface area (Å²) in [5.41, 5.74) is 0. The molecule has 7 nitrogen and oxygen atoms in total. The molecule has 8 heteroatoms. The number of carbonyl (C=O) groups excluding carboxylic acids is 1. The van der Waals surface area contributed by atoms with Crippen LogP contribution in [0, 0.1) is 0 Å². The van der Waals surface area contributed by atoms with Crippen molar-refractivity contribution in [3.8, 4) is 0 Å². The van der Waals surface area contributed by atoms with Gasteiger partial charge in [0.15, 0.2) is 11.0 Å². The number of carbonyl (C=O) groups is 1. The molecule has 4 rings (SSSR count). The highest BCUT2D eigenvalue weighted by molar-refractivity contribution is 7.99. The van der Waals surface area contributed by atoms with Gasteiger partial charge >= 0.3 is 6.03 Å². The van der Waals surface area contributed by atoms with Crippen LogP contribution in [0.25, 0.3) is 0 Å². The SMILES string of the molecule is Cn1c(SCCN2CCCC2)nnc1C1CCCN1C(=O)NC1CCCCC1. The summed E-state index contributed by atoms with van der Waals surface area (Å²) in [6.07, 6.45) is 10.7. The second kappa shape index (κ2) is 9.48. The van der Waals surface area contributed by atoms with Crippen molar-refractivity contribution in [2.24, 2.45) is 7.05 Å². The highest BCUT2D eigenvalue weighted by Gasteiger charge is 2.34. The highest BCUT2D eigenvalue weighted by atomic mass is 32.2. The predicted molar refractivity (Wildman–Crippen MR) is 111 cm³/mol. The summed E-state index contributed by atoms with van der Waals surface area (Å²) >= 11 is 1.78. The summed E-state index contributed by atoms with van der Waals surface area (Å²) in [7, 11) is 2.04. The van der Waals surface area contributed by atoms with Crippen LogP contribution in [0.4, 0.5) is 4.79 Å². The van der Waals surface area contributed by atoms with Crippen LogP contribution < -0.4 is 5.32 Å². The van der Waals surface area contributed by atoms with E-state index in [1.807, 2.05) is 11.9 Å². The van der Waals surface area contributed by atoms with Gasteiger partial charge in [-0.1, -0.05) is 31.0 Å². The van der Waals surface area contributed by atoms with Crippen molar-refractivity contribution in [3.05, 3.63) is 5.82 Å². The molecule has 3 fully saturated rings. The fourth-order valence-corrected chi connectivity index (χ4v) is 5.71. The molecule has 0 spiro atoms. The Morgan fingerprint density at radius 1 is 1.04 bits per heavy atom. The number of nitrogens with zero attached hydrogens (tertiary/aromatic N) is 5. The van der Waals surface area contributed by atoms with Gasteiger partial charge in [-0.15, -0.1) is 10.2 Å². The van der Waals surface area contributed by atoms with Crippen LogP contribution in [0.3, 0.4) is 0 Å². The lowest BCUT2D eigenvalue weighted by Gasteiger charge is -2.29. The minimum absolute atomic E-state index is 0.0500. The van der Waals surface area contributed by atoms with Crippen molar-refractivity contribution >= 4 is 17.8 Å². The Hall–Kier alpha value is -1.28. The Kier molecular flexibility index (Phi) is 6.77. The minimum Gasteiger partial charge on any atom is -0.335 e. The number of nitrogens with one attached hydrogen (secondary N) is 1. The van der Waals surface area contributed by atoms with E-state index in [1.165, 1.54) is 45.2 Å². The van der Waals surface area contributed by atoms with Crippen molar-refractivity contribution in [2.45, 2.75) is 75.0 Å². The second-order valence-corrected chi connectivity index (χ2v) is 9.49. The summed E-state index contributed by atoms with van der Waals surface area (Å²) in [5.74, 6) is 1.97. The number of likely N-dealkylation sites (tertiary alicyclic amines) is 2. The first-order valence-corrected chi connectivity index (χ1v) is 12.0. The number of hydrogen-bond acceptors (Lipinski definition) is 5. The summed E-state index contributed by atoms with van der Waals surface area (Å²) in [6, 6.07) is 0.480. The van der Waals surface area contributed by atoms with Crippen molar-refractivity contribution < 1.29 is 4.79 Å². The van der Waals surface area contributed by atoms with Crippen LogP contribution >= 0.6 is 11.8 Å². The third-order valence-electron chi connectivity index (χ3n) is 6.45. The third-order valence-corrected chi connectivity index (χ3v) is 7.45. The number of aromatic nitrogens is 3. The van der Waals surface area contributed by atoms with E-state index in [4.69, 9.17) is 0 Å². The largest absolute Gasteiger partial charge is 0.335 e. The normalized spacial score (nSPS) is 24.2. The van der Waals surface area contributed by atoms with E-state index in [0.29, 0.717) is 6.04 Å². The first kappa shape index (κ1) is 20.0.